The van der Waals surface area contributed by atoms with Crippen molar-refractivity contribution >= 4 is 27.6 Å². The van der Waals surface area contributed by atoms with Gasteiger partial charge < -0.3 is 10.4 Å². The molecule has 1 atom stereocenters. The smallest absolute Gasteiger partial charge is 0.321 e. The summed E-state index contributed by atoms with van der Waals surface area (Å²) in [6, 6.07) is 2.55. The Balaban J connectivity index is 2.68. The van der Waals surface area contributed by atoms with Crippen LogP contribution in [0.25, 0.3) is 0 Å². The molecule has 0 fully saturated rings. The first-order valence-electron chi connectivity index (χ1n) is 8.43. The van der Waals surface area contributed by atoms with Crippen LogP contribution >= 0.6 is 0 Å². The second-order valence-corrected chi connectivity index (χ2v) is 7.57. The zero-order valence-electron chi connectivity index (χ0n) is 14.9. The van der Waals surface area contributed by atoms with Crippen molar-refractivity contribution < 1.29 is 28.0 Å². The number of carboxylic acids is 1. The van der Waals surface area contributed by atoms with Crippen molar-refractivity contribution in [2.75, 3.05) is 6.54 Å². The quantitative estimate of drug-likeness (QED) is 0.271. The lowest BCUT2D eigenvalue weighted by atomic mass is 10.1. The number of amides is 1. The molecule has 0 saturated heterocycles. The first-order valence-corrected chi connectivity index (χ1v) is 9.92. The Morgan fingerprint density at radius 2 is 1.85 bits per heavy atom. The Hall–Kier alpha value is -2.53. The van der Waals surface area contributed by atoms with E-state index in [1.54, 1.807) is 0 Å². The van der Waals surface area contributed by atoms with E-state index in [0.29, 0.717) is 6.54 Å². The fourth-order valence-corrected chi connectivity index (χ4v) is 3.43. The Morgan fingerprint density at radius 1 is 1.22 bits per heavy atom. The highest BCUT2D eigenvalue weighted by Crippen LogP contribution is 2.16. The number of nitro groups is 1. The molecule has 150 valence electrons. The average molecular weight is 401 g/mol. The topological polar surface area (TPSA) is 156 Å². The van der Waals surface area contributed by atoms with Crippen LogP contribution in [0.4, 0.5) is 5.69 Å². The highest BCUT2D eigenvalue weighted by atomic mass is 32.2. The van der Waals surface area contributed by atoms with Crippen molar-refractivity contribution in [3.05, 3.63) is 34.4 Å². The van der Waals surface area contributed by atoms with Gasteiger partial charge in [0.2, 0.25) is 15.9 Å². The van der Waals surface area contributed by atoms with Crippen molar-refractivity contribution in [3.63, 3.8) is 0 Å². The van der Waals surface area contributed by atoms with Crippen LogP contribution in [0.5, 0.6) is 0 Å². The number of nitrogens with zero attached hydrogens (tertiary/aromatic N) is 1. The van der Waals surface area contributed by atoms with E-state index in [4.69, 9.17) is 0 Å². The number of unbranched alkanes of at least 4 members (excludes halogenated alkanes) is 2. The summed E-state index contributed by atoms with van der Waals surface area (Å²) in [6.45, 7) is 2.51. The van der Waals surface area contributed by atoms with Crippen molar-refractivity contribution in [1.29, 1.82) is 0 Å². The van der Waals surface area contributed by atoms with Crippen LogP contribution < -0.4 is 10.0 Å². The third-order valence-electron chi connectivity index (χ3n) is 3.72. The van der Waals surface area contributed by atoms with Crippen molar-refractivity contribution in [2.24, 2.45) is 0 Å². The maximum absolute atomic E-state index is 12.3. The van der Waals surface area contributed by atoms with Gasteiger partial charge in [0.25, 0.3) is 5.69 Å². The number of hydrogen-bond acceptors (Lipinski definition) is 6. The fraction of sp³-hybridized carbons (Fsp3) is 0.500. The number of carbonyl (C=O) groups is 2. The molecule has 0 aliphatic carbocycles. The standard InChI is InChI=1S/C16H23N3O7S/c1-2-3-4-11-17-15(20)10-9-14(16(21)22)18-27(25,26)13-7-5-12(6-8-13)19(23)24/h5-8,14,18H,2-4,9-11H2,1H3,(H,17,20)(H,21,22)/t14-/m0/s1. The summed E-state index contributed by atoms with van der Waals surface area (Å²) < 4.78 is 26.6. The zero-order chi connectivity index (χ0) is 20.4. The van der Waals surface area contributed by atoms with Crippen molar-refractivity contribution in [1.82, 2.24) is 10.0 Å². The molecule has 1 amide bonds. The molecule has 1 aromatic carbocycles. The number of carbonyl (C=O) groups excluding carboxylic acids is 1. The monoisotopic (exact) mass is 401 g/mol. The van der Waals surface area contributed by atoms with Crippen molar-refractivity contribution in [2.45, 2.75) is 50.0 Å². The second kappa shape index (κ2) is 10.6. The van der Waals surface area contributed by atoms with E-state index in [2.05, 4.69) is 5.32 Å². The molecule has 0 aliphatic heterocycles. The molecule has 0 unspecified atom stereocenters. The van der Waals surface area contributed by atoms with Crippen LogP contribution in [0.1, 0.15) is 39.0 Å². The molecule has 10 nitrogen and oxygen atoms in total. The molecule has 11 heteroatoms. The third-order valence-corrected chi connectivity index (χ3v) is 5.20. The molecular formula is C16H23N3O7S. The minimum Gasteiger partial charge on any atom is -0.480 e. The first kappa shape index (κ1) is 22.5. The van der Waals surface area contributed by atoms with Gasteiger partial charge >= 0.3 is 5.97 Å². The molecule has 0 saturated carbocycles. The Kier molecular flexibility index (Phi) is 8.82. The predicted molar refractivity (Wildman–Crippen MR) is 96.6 cm³/mol. The Labute approximate surface area is 157 Å². The highest BCUT2D eigenvalue weighted by molar-refractivity contribution is 7.89. The van der Waals surface area contributed by atoms with Gasteiger partial charge in [-0.25, -0.2) is 8.42 Å². The minimum atomic E-state index is -4.20. The summed E-state index contributed by atoms with van der Waals surface area (Å²) >= 11 is 0. The van der Waals surface area contributed by atoms with Gasteiger partial charge in [0, 0.05) is 25.1 Å². The normalized spacial score (nSPS) is 12.3. The van der Waals surface area contributed by atoms with Crippen LogP contribution in [0.3, 0.4) is 0 Å². The Bertz CT molecular complexity index is 763. The lowest BCUT2D eigenvalue weighted by molar-refractivity contribution is -0.384. The van der Waals surface area contributed by atoms with Gasteiger partial charge in [-0.2, -0.15) is 4.72 Å². The average Bonchev–Trinajstić information content (AvgIpc) is 2.62. The summed E-state index contributed by atoms with van der Waals surface area (Å²) in [5.41, 5.74) is -0.288. The number of aliphatic carboxylic acids is 1. The van der Waals surface area contributed by atoms with Gasteiger partial charge in [-0.1, -0.05) is 19.8 Å². The number of nitrogens with one attached hydrogen (secondary N) is 2. The summed E-state index contributed by atoms with van der Waals surface area (Å²) in [4.78, 5) is 32.7. The van der Waals surface area contributed by atoms with E-state index in [-0.39, 0.29) is 29.3 Å². The molecular weight excluding hydrogens is 378 g/mol. The summed E-state index contributed by atoms with van der Waals surface area (Å²) in [6.07, 6.45) is 2.42. The number of non-ortho nitro benzene ring substituents is 1. The molecule has 27 heavy (non-hydrogen) atoms. The largest absolute Gasteiger partial charge is 0.480 e. The lowest BCUT2D eigenvalue weighted by Crippen LogP contribution is -2.41. The molecule has 3 N–H and O–H groups in total. The number of rotatable bonds is 12. The highest BCUT2D eigenvalue weighted by Gasteiger charge is 2.26. The molecule has 0 radical (unpaired) electrons. The van der Waals surface area contributed by atoms with Crippen LogP contribution in [0.15, 0.2) is 29.2 Å². The van der Waals surface area contributed by atoms with Crippen LogP contribution in [0, 0.1) is 10.1 Å². The van der Waals surface area contributed by atoms with Gasteiger partial charge in [0.15, 0.2) is 0 Å². The van der Waals surface area contributed by atoms with Gasteiger partial charge in [0.05, 0.1) is 9.82 Å². The predicted octanol–water partition coefficient (Wildman–Crippen LogP) is 1.41. The van der Waals surface area contributed by atoms with Crippen LogP contribution in [-0.4, -0.2) is 42.9 Å². The van der Waals surface area contributed by atoms with Gasteiger partial charge in [0.1, 0.15) is 6.04 Å². The van der Waals surface area contributed by atoms with E-state index < -0.39 is 27.0 Å². The number of nitro benzene ring substituents is 1. The van der Waals surface area contributed by atoms with Gasteiger partial charge in [-0.15, -0.1) is 0 Å². The molecule has 1 aromatic rings. The van der Waals surface area contributed by atoms with Crippen LogP contribution in [-0.2, 0) is 19.6 Å². The summed E-state index contributed by atoms with van der Waals surface area (Å²) in [5.74, 6) is -1.77. The summed E-state index contributed by atoms with van der Waals surface area (Å²) in [5, 5.41) is 22.5. The zero-order valence-corrected chi connectivity index (χ0v) is 15.7. The van der Waals surface area contributed by atoms with E-state index in [1.165, 1.54) is 0 Å². The number of benzene rings is 1. The molecule has 0 spiro atoms. The molecule has 0 heterocycles. The van der Waals surface area contributed by atoms with E-state index in [9.17, 15) is 33.2 Å². The maximum Gasteiger partial charge on any atom is 0.321 e. The molecule has 0 aromatic heterocycles. The number of hydrogen-bond donors (Lipinski definition) is 3. The Morgan fingerprint density at radius 3 is 2.37 bits per heavy atom. The molecule has 0 bridgehead atoms. The third kappa shape index (κ3) is 7.71. The SMILES string of the molecule is CCCCCNC(=O)CC[C@H](NS(=O)(=O)c1ccc([N+](=O)[O-])cc1)C(=O)O. The van der Waals surface area contributed by atoms with E-state index in [1.807, 2.05) is 11.6 Å². The number of carboxylic acid groups (broad SMARTS) is 1. The van der Waals surface area contributed by atoms with Crippen molar-refractivity contribution in [3.8, 4) is 0 Å². The van der Waals surface area contributed by atoms with Crippen LogP contribution in [0.2, 0.25) is 0 Å². The van der Waals surface area contributed by atoms with E-state index >= 15 is 0 Å². The first-order chi connectivity index (χ1) is 12.7. The maximum atomic E-state index is 12.3. The van der Waals surface area contributed by atoms with Gasteiger partial charge in [-0.05, 0) is 25.0 Å². The second-order valence-electron chi connectivity index (χ2n) is 5.86. The molecule has 1 rings (SSSR count). The fourth-order valence-electron chi connectivity index (χ4n) is 2.20. The number of sulfonamides is 1. The summed E-state index contributed by atoms with van der Waals surface area (Å²) in [7, 11) is -4.20. The van der Waals surface area contributed by atoms with E-state index in [0.717, 1.165) is 43.5 Å². The minimum absolute atomic E-state index is 0.147. The lowest BCUT2D eigenvalue weighted by Gasteiger charge is -2.14. The van der Waals surface area contributed by atoms with Gasteiger partial charge in [-0.3, -0.25) is 19.7 Å². The molecule has 0 aliphatic rings.